The van der Waals surface area contributed by atoms with Gasteiger partial charge < -0.3 is 14.8 Å². The van der Waals surface area contributed by atoms with Gasteiger partial charge in [0.15, 0.2) is 0 Å². The van der Waals surface area contributed by atoms with Crippen molar-refractivity contribution in [3.8, 4) is 11.5 Å². The summed E-state index contributed by atoms with van der Waals surface area (Å²) >= 11 is 0. The molecule has 0 spiro atoms. The number of carbonyl (C=O) groups is 1. The van der Waals surface area contributed by atoms with Crippen LogP contribution in [0.5, 0.6) is 11.5 Å². The van der Waals surface area contributed by atoms with Crippen molar-refractivity contribution >= 4 is 11.6 Å². The number of ether oxygens (including phenoxy) is 2. The van der Waals surface area contributed by atoms with Gasteiger partial charge in [0.25, 0.3) is 5.91 Å². The largest absolute Gasteiger partial charge is 0.494 e. The molecule has 0 saturated carbocycles. The fourth-order valence-electron chi connectivity index (χ4n) is 1.84. The molecule has 116 valence electrons. The van der Waals surface area contributed by atoms with Gasteiger partial charge in [-0.3, -0.25) is 9.78 Å². The lowest BCUT2D eigenvalue weighted by atomic mass is 10.2. The van der Waals surface area contributed by atoms with Crippen LogP contribution in [0.3, 0.4) is 0 Å². The molecule has 0 saturated heterocycles. The van der Waals surface area contributed by atoms with Crippen molar-refractivity contribution in [2.75, 3.05) is 18.5 Å². The topological polar surface area (TPSA) is 73.3 Å². The average molecular weight is 301 g/mol. The van der Waals surface area contributed by atoms with Crippen molar-refractivity contribution in [3.05, 3.63) is 42.0 Å². The van der Waals surface area contributed by atoms with Gasteiger partial charge >= 0.3 is 0 Å². The summed E-state index contributed by atoms with van der Waals surface area (Å²) in [4.78, 5) is 20.4. The first-order chi connectivity index (χ1) is 10.6. The van der Waals surface area contributed by atoms with Crippen molar-refractivity contribution in [1.29, 1.82) is 0 Å². The minimum absolute atomic E-state index is 0.245. The Labute approximate surface area is 129 Å². The summed E-state index contributed by atoms with van der Waals surface area (Å²) < 4.78 is 11.0. The Morgan fingerprint density at radius 1 is 1.14 bits per heavy atom. The lowest BCUT2D eigenvalue weighted by molar-refractivity contribution is 0.102. The fraction of sp³-hybridized carbons (Fsp3) is 0.312. The quantitative estimate of drug-likeness (QED) is 0.888. The second-order valence-electron chi connectivity index (χ2n) is 4.52. The first kappa shape index (κ1) is 15.8. The second kappa shape index (κ2) is 7.40. The van der Waals surface area contributed by atoms with Crippen LogP contribution in [0, 0.1) is 6.92 Å². The lowest BCUT2D eigenvalue weighted by Crippen LogP contribution is -2.15. The molecule has 2 aromatic rings. The van der Waals surface area contributed by atoms with Crippen molar-refractivity contribution < 1.29 is 14.3 Å². The third-order valence-electron chi connectivity index (χ3n) is 2.82. The number of nitrogens with one attached hydrogen (secondary N) is 1. The van der Waals surface area contributed by atoms with E-state index in [0.29, 0.717) is 30.4 Å². The van der Waals surface area contributed by atoms with E-state index in [4.69, 9.17) is 9.47 Å². The fourth-order valence-corrected chi connectivity index (χ4v) is 1.84. The zero-order valence-electron chi connectivity index (χ0n) is 12.9. The minimum Gasteiger partial charge on any atom is -0.494 e. The molecule has 6 heteroatoms. The zero-order valence-corrected chi connectivity index (χ0v) is 12.9. The Kier molecular flexibility index (Phi) is 5.30. The lowest BCUT2D eigenvalue weighted by Gasteiger charge is -2.13. The molecule has 0 bridgehead atoms. The molecule has 0 fully saturated rings. The van der Waals surface area contributed by atoms with Crippen LogP contribution in [0.15, 0.2) is 30.6 Å². The molecule has 0 aliphatic heterocycles. The second-order valence-corrected chi connectivity index (χ2v) is 4.52. The van der Waals surface area contributed by atoms with Crippen LogP contribution in [0.2, 0.25) is 0 Å². The number of benzene rings is 1. The highest BCUT2D eigenvalue weighted by Crippen LogP contribution is 2.29. The molecule has 1 heterocycles. The highest BCUT2D eigenvalue weighted by molar-refractivity contribution is 6.03. The number of hydrogen-bond donors (Lipinski definition) is 1. The molecular weight excluding hydrogens is 282 g/mol. The number of carbonyl (C=O) groups excluding carboxylic acids is 1. The number of anilines is 1. The van der Waals surface area contributed by atoms with Crippen LogP contribution in [0.4, 0.5) is 5.69 Å². The normalized spacial score (nSPS) is 10.1. The maximum absolute atomic E-state index is 12.2. The number of amides is 1. The molecule has 2 rings (SSSR count). The maximum Gasteiger partial charge on any atom is 0.275 e. The first-order valence-electron chi connectivity index (χ1n) is 7.13. The molecule has 0 atom stereocenters. The number of hydrogen-bond acceptors (Lipinski definition) is 5. The highest BCUT2D eigenvalue weighted by atomic mass is 16.5. The van der Waals surface area contributed by atoms with Crippen LogP contribution in [0.1, 0.15) is 30.0 Å². The Hall–Kier alpha value is -2.63. The molecule has 22 heavy (non-hydrogen) atoms. The van der Waals surface area contributed by atoms with Gasteiger partial charge in [0.1, 0.15) is 17.2 Å². The molecule has 0 aliphatic carbocycles. The van der Waals surface area contributed by atoms with E-state index < -0.39 is 0 Å². The van der Waals surface area contributed by atoms with Gasteiger partial charge in [0.05, 0.1) is 30.8 Å². The molecule has 1 amide bonds. The van der Waals surface area contributed by atoms with Crippen LogP contribution < -0.4 is 14.8 Å². The molecular formula is C16H19N3O3. The Morgan fingerprint density at radius 2 is 1.91 bits per heavy atom. The van der Waals surface area contributed by atoms with E-state index in [-0.39, 0.29) is 11.6 Å². The molecule has 6 nitrogen and oxygen atoms in total. The van der Waals surface area contributed by atoms with Gasteiger partial charge in [-0.25, -0.2) is 4.98 Å². The molecule has 0 unspecified atom stereocenters. The van der Waals surface area contributed by atoms with E-state index >= 15 is 0 Å². The number of aryl methyl sites for hydroxylation is 1. The molecule has 0 aliphatic rings. The van der Waals surface area contributed by atoms with E-state index in [1.54, 1.807) is 24.4 Å². The maximum atomic E-state index is 12.2. The predicted octanol–water partition coefficient (Wildman–Crippen LogP) is 2.83. The third-order valence-corrected chi connectivity index (χ3v) is 2.82. The summed E-state index contributed by atoms with van der Waals surface area (Å²) in [6.45, 7) is 6.64. The summed E-state index contributed by atoms with van der Waals surface area (Å²) in [6.07, 6.45) is 2.99. The molecule has 1 N–H and O–H groups in total. The van der Waals surface area contributed by atoms with Gasteiger partial charge in [-0.1, -0.05) is 0 Å². The van der Waals surface area contributed by atoms with Crippen LogP contribution in [-0.4, -0.2) is 29.1 Å². The van der Waals surface area contributed by atoms with Crippen molar-refractivity contribution in [2.24, 2.45) is 0 Å². The third kappa shape index (κ3) is 3.94. The Morgan fingerprint density at radius 3 is 2.55 bits per heavy atom. The van der Waals surface area contributed by atoms with E-state index in [9.17, 15) is 4.79 Å². The first-order valence-corrected chi connectivity index (χ1v) is 7.13. The molecule has 1 aromatic carbocycles. The van der Waals surface area contributed by atoms with Gasteiger partial charge in [-0.05, 0) is 32.9 Å². The van der Waals surface area contributed by atoms with E-state index in [0.717, 1.165) is 5.69 Å². The van der Waals surface area contributed by atoms with Crippen molar-refractivity contribution in [2.45, 2.75) is 20.8 Å². The van der Waals surface area contributed by atoms with Crippen molar-refractivity contribution in [3.63, 3.8) is 0 Å². The zero-order chi connectivity index (χ0) is 15.9. The van der Waals surface area contributed by atoms with E-state index in [2.05, 4.69) is 15.3 Å². The highest BCUT2D eigenvalue weighted by Gasteiger charge is 2.12. The van der Waals surface area contributed by atoms with Gasteiger partial charge in [0.2, 0.25) is 0 Å². The van der Waals surface area contributed by atoms with Crippen LogP contribution in [-0.2, 0) is 0 Å². The van der Waals surface area contributed by atoms with Gasteiger partial charge in [-0.2, -0.15) is 0 Å². The SMILES string of the molecule is CCOc1ccc(OCC)c(NC(=O)c2cnc(C)cn2)c1. The van der Waals surface area contributed by atoms with Gasteiger partial charge in [0, 0.05) is 12.3 Å². The summed E-state index contributed by atoms with van der Waals surface area (Å²) in [5.74, 6) is 0.901. The van der Waals surface area contributed by atoms with E-state index in [1.807, 2.05) is 20.8 Å². The minimum atomic E-state index is -0.345. The van der Waals surface area contributed by atoms with Crippen LogP contribution >= 0.6 is 0 Å². The predicted molar refractivity (Wildman–Crippen MR) is 83.5 cm³/mol. The summed E-state index contributed by atoms with van der Waals surface area (Å²) in [5.41, 5.74) is 1.54. The van der Waals surface area contributed by atoms with Crippen molar-refractivity contribution in [1.82, 2.24) is 9.97 Å². The Balaban J connectivity index is 2.23. The standard InChI is InChI=1S/C16H19N3O3/c1-4-21-12-6-7-15(22-5-2)13(8-12)19-16(20)14-10-17-11(3)9-18-14/h6-10H,4-5H2,1-3H3,(H,19,20). The number of rotatable bonds is 6. The molecule has 1 aromatic heterocycles. The Bertz CT molecular complexity index is 642. The van der Waals surface area contributed by atoms with Crippen LogP contribution in [0.25, 0.3) is 0 Å². The smallest absolute Gasteiger partial charge is 0.275 e. The monoisotopic (exact) mass is 301 g/mol. The molecule has 0 radical (unpaired) electrons. The number of nitrogens with zero attached hydrogens (tertiary/aromatic N) is 2. The summed E-state index contributed by atoms with van der Waals surface area (Å²) in [7, 11) is 0. The summed E-state index contributed by atoms with van der Waals surface area (Å²) in [5, 5.41) is 2.78. The van der Waals surface area contributed by atoms with Gasteiger partial charge in [-0.15, -0.1) is 0 Å². The summed E-state index contributed by atoms with van der Waals surface area (Å²) in [6, 6.07) is 5.30. The number of aromatic nitrogens is 2. The average Bonchev–Trinajstić information content (AvgIpc) is 2.51. The van der Waals surface area contributed by atoms with E-state index in [1.165, 1.54) is 6.20 Å².